The van der Waals surface area contributed by atoms with Crippen LogP contribution in [-0.2, 0) is 24.2 Å². The van der Waals surface area contributed by atoms with E-state index in [1.165, 1.54) is 0 Å². The van der Waals surface area contributed by atoms with E-state index in [0.717, 1.165) is 35.8 Å². The highest BCUT2D eigenvalue weighted by Gasteiger charge is 2.31. The van der Waals surface area contributed by atoms with Crippen molar-refractivity contribution in [3.63, 3.8) is 0 Å². The number of carbonyl (C=O) groups excluding carboxylic acids is 1. The Morgan fingerprint density at radius 3 is 3.17 bits per heavy atom. The lowest BCUT2D eigenvalue weighted by Gasteiger charge is -2.26. The molecule has 0 saturated heterocycles. The number of fused-ring (bicyclic) bond motifs is 2. The van der Waals surface area contributed by atoms with Crippen molar-refractivity contribution in [2.24, 2.45) is 0 Å². The SMILES string of the molecule is Cc1nnc2n1C[C@H](NC(=O)[C@H]1Cc3cc(Cl)ccc3O1)CC2. The number of nitrogens with zero attached hydrogens (tertiary/aromatic N) is 3. The van der Waals surface area contributed by atoms with Crippen molar-refractivity contribution in [1.29, 1.82) is 0 Å². The fourth-order valence-corrected chi connectivity index (χ4v) is 3.43. The molecule has 0 fully saturated rings. The molecular formula is C16H17ClN4O2. The van der Waals surface area contributed by atoms with Gasteiger partial charge in [-0.25, -0.2) is 0 Å². The highest BCUT2D eigenvalue weighted by Crippen LogP contribution is 2.31. The van der Waals surface area contributed by atoms with Gasteiger partial charge in [-0.1, -0.05) is 11.6 Å². The molecule has 0 radical (unpaired) electrons. The van der Waals surface area contributed by atoms with Crippen molar-refractivity contribution >= 4 is 17.5 Å². The molecule has 6 nitrogen and oxygen atoms in total. The molecule has 2 aliphatic rings. The summed E-state index contributed by atoms with van der Waals surface area (Å²) in [6.07, 6.45) is 1.78. The first-order chi connectivity index (χ1) is 11.1. The van der Waals surface area contributed by atoms with Crippen LogP contribution in [0.15, 0.2) is 18.2 Å². The summed E-state index contributed by atoms with van der Waals surface area (Å²) in [7, 11) is 0. The van der Waals surface area contributed by atoms with Crippen LogP contribution in [0.4, 0.5) is 0 Å². The summed E-state index contributed by atoms with van der Waals surface area (Å²) < 4.78 is 7.81. The minimum atomic E-state index is -0.480. The smallest absolute Gasteiger partial charge is 0.261 e. The van der Waals surface area contributed by atoms with E-state index < -0.39 is 6.10 Å². The first-order valence-corrected chi connectivity index (χ1v) is 8.12. The number of benzene rings is 1. The highest BCUT2D eigenvalue weighted by atomic mass is 35.5. The van der Waals surface area contributed by atoms with Crippen LogP contribution in [0.2, 0.25) is 5.02 Å². The maximum absolute atomic E-state index is 12.5. The maximum Gasteiger partial charge on any atom is 0.261 e. The highest BCUT2D eigenvalue weighted by molar-refractivity contribution is 6.30. The number of amides is 1. The van der Waals surface area contributed by atoms with Crippen molar-refractivity contribution in [3.8, 4) is 5.75 Å². The Balaban J connectivity index is 1.41. The summed E-state index contributed by atoms with van der Waals surface area (Å²) in [5.74, 6) is 2.55. The Kier molecular flexibility index (Phi) is 3.49. The number of hydrogen-bond acceptors (Lipinski definition) is 4. The van der Waals surface area contributed by atoms with Crippen LogP contribution in [0.1, 0.15) is 23.6 Å². The predicted octanol–water partition coefficient (Wildman–Crippen LogP) is 1.67. The fraction of sp³-hybridized carbons (Fsp3) is 0.438. The molecule has 1 amide bonds. The van der Waals surface area contributed by atoms with Gasteiger partial charge in [0.1, 0.15) is 17.4 Å². The van der Waals surface area contributed by atoms with Gasteiger partial charge in [0.05, 0.1) is 0 Å². The van der Waals surface area contributed by atoms with Gasteiger partial charge in [0.2, 0.25) is 0 Å². The third kappa shape index (κ3) is 2.67. The third-order valence-electron chi connectivity index (χ3n) is 4.47. The number of rotatable bonds is 2. The molecule has 0 saturated carbocycles. The molecule has 1 N–H and O–H groups in total. The molecule has 7 heteroatoms. The average molecular weight is 333 g/mol. The molecule has 0 bridgehead atoms. The molecule has 4 rings (SSSR count). The van der Waals surface area contributed by atoms with Crippen LogP contribution in [0, 0.1) is 6.92 Å². The van der Waals surface area contributed by atoms with Gasteiger partial charge in [0.25, 0.3) is 5.91 Å². The van der Waals surface area contributed by atoms with Crippen LogP contribution in [0.3, 0.4) is 0 Å². The third-order valence-corrected chi connectivity index (χ3v) is 4.70. The van der Waals surface area contributed by atoms with Gasteiger partial charge in [-0.05, 0) is 37.1 Å². The van der Waals surface area contributed by atoms with Gasteiger partial charge in [0.15, 0.2) is 6.10 Å². The molecule has 1 aromatic carbocycles. The van der Waals surface area contributed by atoms with E-state index in [4.69, 9.17) is 16.3 Å². The van der Waals surface area contributed by atoms with Gasteiger partial charge in [-0.3, -0.25) is 4.79 Å². The first kappa shape index (κ1) is 14.5. The minimum absolute atomic E-state index is 0.0727. The largest absolute Gasteiger partial charge is 0.480 e. The van der Waals surface area contributed by atoms with Gasteiger partial charge in [0, 0.05) is 30.5 Å². The number of ether oxygens (including phenoxy) is 1. The standard InChI is InChI=1S/C16H17ClN4O2/c1-9-19-20-15-5-3-12(8-21(9)15)18-16(22)14-7-10-6-11(17)2-4-13(10)23-14/h2,4,6,12,14H,3,5,7-8H2,1H3,(H,18,22)/t12-,14-/m1/s1. The zero-order chi connectivity index (χ0) is 16.0. The second kappa shape index (κ2) is 5.53. The van der Waals surface area contributed by atoms with Gasteiger partial charge in [-0.15, -0.1) is 10.2 Å². The molecule has 0 spiro atoms. The van der Waals surface area contributed by atoms with E-state index in [1.807, 2.05) is 19.1 Å². The quantitative estimate of drug-likeness (QED) is 0.908. The van der Waals surface area contributed by atoms with Crippen LogP contribution in [0.5, 0.6) is 5.75 Å². The van der Waals surface area contributed by atoms with Gasteiger partial charge < -0.3 is 14.6 Å². The fourth-order valence-electron chi connectivity index (χ4n) is 3.24. The predicted molar refractivity (Wildman–Crippen MR) is 84.6 cm³/mol. The van der Waals surface area contributed by atoms with Crippen LogP contribution < -0.4 is 10.1 Å². The lowest BCUT2D eigenvalue weighted by atomic mass is 10.1. The average Bonchev–Trinajstić information content (AvgIpc) is 3.11. The molecule has 120 valence electrons. The number of carbonyl (C=O) groups is 1. The number of halogens is 1. The van der Waals surface area contributed by atoms with Crippen molar-refractivity contribution in [2.75, 3.05) is 0 Å². The van der Waals surface area contributed by atoms with E-state index >= 15 is 0 Å². The summed E-state index contributed by atoms with van der Waals surface area (Å²) in [4.78, 5) is 12.5. The normalized spacial score (nSPS) is 22.2. The number of aryl methyl sites for hydroxylation is 2. The maximum atomic E-state index is 12.5. The molecule has 2 atom stereocenters. The van der Waals surface area contributed by atoms with Crippen molar-refractivity contribution in [2.45, 2.75) is 44.9 Å². The van der Waals surface area contributed by atoms with E-state index in [-0.39, 0.29) is 11.9 Å². The number of hydrogen-bond donors (Lipinski definition) is 1. The van der Waals surface area contributed by atoms with E-state index in [2.05, 4.69) is 20.1 Å². The number of nitrogens with one attached hydrogen (secondary N) is 1. The Hall–Kier alpha value is -2.08. The molecule has 2 aromatic rings. The van der Waals surface area contributed by atoms with E-state index in [9.17, 15) is 4.79 Å². The minimum Gasteiger partial charge on any atom is -0.480 e. The zero-order valence-corrected chi connectivity index (χ0v) is 13.5. The van der Waals surface area contributed by atoms with Crippen molar-refractivity contribution in [1.82, 2.24) is 20.1 Å². The molecule has 0 unspecified atom stereocenters. The van der Waals surface area contributed by atoms with Crippen LogP contribution in [0.25, 0.3) is 0 Å². The van der Waals surface area contributed by atoms with Crippen molar-refractivity contribution in [3.05, 3.63) is 40.4 Å². The first-order valence-electron chi connectivity index (χ1n) is 7.74. The van der Waals surface area contributed by atoms with E-state index in [1.54, 1.807) is 6.07 Å². The molecular weight excluding hydrogens is 316 g/mol. The molecule has 0 aliphatic carbocycles. The lowest BCUT2D eigenvalue weighted by molar-refractivity contribution is -0.128. The molecule has 1 aromatic heterocycles. The summed E-state index contributed by atoms with van der Waals surface area (Å²) >= 11 is 5.99. The summed E-state index contributed by atoms with van der Waals surface area (Å²) in [6.45, 7) is 2.65. The topological polar surface area (TPSA) is 69.0 Å². The summed E-state index contributed by atoms with van der Waals surface area (Å²) in [5, 5.41) is 12.0. The molecule has 3 heterocycles. The Labute approximate surface area is 138 Å². The Morgan fingerprint density at radius 1 is 1.43 bits per heavy atom. The second-order valence-corrected chi connectivity index (χ2v) is 6.52. The molecule has 2 aliphatic heterocycles. The van der Waals surface area contributed by atoms with Crippen LogP contribution in [-0.4, -0.2) is 32.8 Å². The number of aromatic nitrogens is 3. The monoisotopic (exact) mass is 332 g/mol. The van der Waals surface area contributed by atoms with E-state index in [0.29, 0.717) is 18.0 Å². The van der Waals surface area contributed by atoms with Crippen LogP contribution >= 0.6 is 11.6 Å². The Morgan fingerprint density at radius 2 is 2.30 bits per heavy atom. The second-order valence-electron chi connectivity index (χ2n) is 6.08. The summed E-state index contributed by atoms with van der Waals surface area (Å²) in [5.41, 5.74) is 0.984. The van der Waals surface area contributed by atoms with Crippen molar-refractivity contribution < 1.29 is 9.53 Å². The van der Waals surface area contributed by atoms with Gasteiger partial charge >= 0.3 is 0 Å². The lowest BCUT2D eigenvalue weighted by Crippen LogP contribution is -2.46. The Bertz CT molecular complexity index is 773. The molecule has 23 heavy (non-hydrogen) atoms. The zero-order valence-electron chi connectivity index (χ0n) is 12.8. The van der Waals surface area contributed by atoms with Gasteiger partial charge in [-0.2, -0.15) is 0 Å². The summed E-state index contributed by atoms with van der Waals surface area (Å²) in [6, 6.07) is 5.54.